The van der Waals surface area contributed by atoms with Crippen molar-refractivity contribution in [3.8, 4) is 6.07 Å². The Hall–Kier alpha value is -3.36. The molecule has 0 unspecified atom stereocenters. The highest BCUT2D eigenvalue weighted by atomic mass is 35.5. The van der Waals surface area contributed by atoms with E-state index in [0.29, 0.717) is 16.3 Å². The maximum absolute atomic E-state index is 12.2. The highest BCUT2D eigenvalue weighted by molar-refractivity contribution is 6.30. The van der Waals surface area contributed by atoms with Gasteiger partial charge in [0.1, 0.15) is 5.69 Å². The van der Waals surface area contributed by atoms with Crippen molar-refractivity contribution in [3.63, 3.8) is 0 Å². The van der Waals surface area contributed by atoms with Crippen molar-refractivity contribution >= 4 is 34.6 Å². The summed E-state index contributed by atoms with van der Waals surface area (Å²) in [5.41, 5.74) is 2.94. The quantitative estimate of drug-likeness (QED) is 0.722. The van der Waals surface area contributed by atoms with Crippen molar-refractivity contribution in [2.24, 2.45) is 0 Å². The maximum Gasteiger partial charge on any atom is 0.274 e. The van der Waals surface area contributed by atoms with Gasteiger partial charge >= 0.3 is 0 Å². The zero-order valence-corrected chi connectivity index (χ0v) is 13.8. The molecule has 1 aromatic heterocycles. The van der Waals surface area contributed by atoms with Crippen LogP contribution in [0.5, 0.6) is 0 Å². The van der Waals surface area contributed by atoms with Crippen LogP contribution in [0.25, 0.3) is 0 Å². The third kappa shape index (κ3) is 4.34. The van der Waals surface area contributed by atoms with Crippen LogP contribution in [0.3, 0.4) is 0 Å². The standard InChI is InChI=1S/C19H13ClN4O/c20-14-4-6-15(7-5-14)23-17-8-9-18(22-12-17)19(25)24-16-3-1-2-13(10-16)11-21/h1-10,12,23H,(H,24,25). The fourth-order valence-corrected chi connectivity index (χ4v) is 2.29. The number of hydrogen-bond donors (Lipinski definition) is 2. The number of rotatable bonds is 4. The Morgan fingerprint density at radius 2 is 1.76 bits per heavy atom. The largest absolute Gasteiger partial charge is 0.354 e. The van der Waals surface area contributed by atoms with Crippen LogP contribution < -0.4 is 10.6 Å². The Labute approximate surface area is 149 Å². The van der Waals surface area contributed by atoms with Crippen LogP contribution in [-0.2, 0) is 0 Å². The third-order valence-corrected chi connectivity index (χ3v) is 3.63. The lowest BCUT2D eigenvalue weighted by atomic mass is 10.2. The van der Waals surface area contributed by atoms with Gasteiger partial charge in [0.15, 0.2) is 0 Å². The van der Waals surface area contributed by atoms with Crippen molar-refractivity contribution in [1.82, 2.24) is 4.98 Å². The molecule has 0 saturated carbocycles. The van der Waals surface area contributed by atoms with Crippen molar-refractivity contribution in [3.05, 3.63) is 83.1 Å². The minimum atomic E-state index is -0.340. The molecule has 0 aliphatic rings. The molecule has 122 valence electrons. The minimum absolute atomic E-state index is 0.281. The predicted octanol–water partition coefficient (Wildman–Crippen LogP) is 4.60. The van der Waals surface area contributed by atoms with E-state index in [1.807, 2.05) is 18.2 Å². The molecule has 0 aliphatic carbocycles. The first kappa shape index (κ1) is 16.5. The predicted molar refractivity (Wildman–Crippen MR) is 98.1 cm³/mol. The molecule has 0 spiro atoms. The fourth-order valence-electron chi connectivity index (χ4n) is 2.16. The summed E-state index contributed by atoms with van der Waals surface area (Å²) in [6.07, 6.45) is 1.58. The van der Waals surface area contributed by atoms with Crippen LogP contribution in [0.4, 0.5) is 17.1 Å². The molecule has 5 nitrogen and oxygen atoms in total. The van der Waals surface area contributed by atoms with Gasteiger partial charge in [-0.1, -0.05) is 17.7 Å². The van der Waals surface area contributed by atoms with E-state index in [-0.39, 0.29) is 11.6 Å². The van der Waals surface area contributed by atoms with Crippen molar-refractivity contribution < 1.29 is 4.79 Å². The van der Waals surface area contributed by atoms with E-state index in [1.165, 1.54) is 0 Å². The SMILES string of the molecule is N#Cc1cccc(NC(=O)c2ccc(Nc3ccc(Cl)cc3)cn2)c1. The van der Waals surface area contributed by atoms with Gasteiger partial charge in [-0.15, -0.1) is 0 Å². The van der Waals surface area contributed by atoms with E-state index < -0.39 is 0 Å². The molecule has 6 heteroatoms. The summed E-state index contributed by atoms with van der Waals surface area (Å²) in [7, 11) is 0. The second-order valence-electron chi connectivity index (χ2n) is 5.21. The monoisotopic (exact) mass is 348 g/mol. The van der Waals surface area contributed by atoms with E-state index in [1.54, 1.807) is 54.7 Å². The summed E-state index contributed by atoms with van der Waals surface area (Å²) in [6, 6.07) is 19.4. The van der Waals surface area contributed by atoms with Gasteiger partial charge in [-0.05, 0) is 54.6 Å². The van der Waals surface area contributed by atoms with Crippen molar-refractivity contribution in [2.75, 3.05) is 10.6 Å². The molecular formula is C19H13ClN4O. The third-order valence-electron chi connectivity index (χ3n) is 3.38. The van der Waals surface area contributed by atoms with Gasteiger partial charge in [0, 0.05) is 16.4 Å². The molecular weight excluding hydrogens is 336 g/mol. The van der Waals surface area contributed by atoms with Gasteiger partial charge < -0.3 is 10.6 Å². The number of halogens is 1. The molecule has 0 atom stereocenters. The molecule has 25 heavy (non-hydrogen) atoms. The molecule has 0 bridgehead atoms. The molecule has 1 heterocycles. The van der Waals surface area contributed by atoms with Crippen LogP contribution in [-0.4, -0.2) is 10.9 Å². The van der Waals surface area contributed by atoms with E-state index in [0.717, 1.165) is 11.4 Å². The number of carbonyl (C=O) groups excluding carboxylic acids is 1. The van der Waals surface area contributed by atoms with Crippen LogP contribution in [0.2, 0.25) is 5.02 Å². The first-order valence-corrected chi connectivity index (χ1v) is 7.82. The number of nitriles is 1. The van der Waals surface area contributed by atoms with E-state index in [2.05, 4.69) is 15.6 Å². The summed E-state index contributed by atoms with van der Waals surface area (Å²) in [5, 5.41) is 15.4. The van der Waals surface area contributed by atoms with Gasteiger partial charge in [0.25, 0.3) is 5.91 Å². The average molecular weight is 349 g/mol. The Morgan fingerprint density at radius 3 is 2.44 bits per heavy atom. The minimum Gasteiger partial charge on any atom is -0.354 e. The fraction of sp³-hybridized carbons (Fsp3) is 0. The second-order valence-corrected chi connectivity index (χ2v) is 5.65. The topological polar surface area (TPSA) is 77.8 Å². The number of benzene rings is 2. The number of nitrogens with zero attached hydrogens (tertiary/aromatic N) is 2. The number of nitrogens with one attached hydrogen (secondary N) is 2. The smallest absolute Gasteiger partial charge is 0.274 e. The molecule has 3 rings (SSSR count). The van der Waals surface area contributed by atoms with Crippen LogP contribution in [0.1, 0.15) is 16.1 Å². The van der Waals surface area contributed by atoms with Gasteiger partial charge in [-0.3, -0.25) is 4.79 Å². The lowest BCUT2D eigenvalue weighted by Gasteiger charge is -2.08. The normalized spacial score (nSPS) is 9.92. The molecule has 0 aliphatic heterocycles. The highest BCUT2D eigenvalue weighted by Gasteiger charge is 2.08. The molecule has 3 aromatic rings. The molecule has 0 saturated heterocycles. The zero-order chi connectivity index (χ0) is 17.6. The molecule has 2 N–H and O–H groups in total. The molecule has 0 radical (unpaired) electrons. The Kier molecular flexibility index (Phi) is 4.93. The molecule has 1 amide bonds. The van der Waals surface area contributed by atoms with E-state index >= 15 is 0 Å². The number of anilines is 3. The zero-order valence-electron chi connectivity index (χ0n) is 13.0. The first-order chi connectivity index (χ1) is 12.1. The number of amides is 1. The highest BCUT2D eigenvalue weighted by Crippen LogP contribution is 2.19. The summed E-state index contributed by atoms with van der Waals surface area (Å²) < 4.78 is 0. The lowest BCUT2D eigenvalue weighted by Crippen LogP contribution is -2.13. The molecule has 2 aromatic carbocycles. The summed E-state index contributed by atoms with van der Waals surface area (Å²) in [6.45, 7) is 0. The van der Waals surface area contributed by atoms with E-state index in [4.69, 9.17) is 16.9 Å². The number of hydrogen-bond acceptors (Lipinski definition) is 4. The van der Waals surface area contributed by atoms with Crippen molar-refractivity contribution in [1.29, 1.82) is 5.26 Å². The van der Waals surface area contributed by atoms with Crippen molar-refractivity contribution in [2.45, 2.75) is 0 Å². The second kappa shape index (κ2) is 7.47. The number of carbonyl (C=O) groups is 1. The Bertz CT molecular complexity index is 931. The first-order valence-electron chi connectivity index (χ1n) is 7.44. The number of aromatic nitrogens is 1. The summed E-state index contributed by atoms with van der Waals surface area (Å²) >= 11 is 5.85. The van der Waals surface area contributed by atoms with E-state index in [9.17, 15) is 4.79 Å². The van der Waals surface area contributed by atoms with Gasteiger partial charge in [0.2, 0.25) is 0 Å². The van der Waals surface area contributed by atoms with Crippen LogP contribution in [0, 0.1) is 11.3 Å². The summed E-state index contributed by atoms with van der Waals surface area (Å²) in [5.74, 6) is -0.340. The number of pyridine rings is 1. The van der Waals surface area contributed by atoms with Gasteiger partial charge in [-0.2, -0.15) is 5.26 Å². The van der Waals surface area contributed by atoms with Gasteiger partial charge in [0.05, 0.1) is 23.5 Å². The van der Waals surface area contributed by atoms with Crippen LogP contribution in [0.15, 0.2) is 66.9 Å². The molecule has 0 fully saturated rings. The maximum atomic E-state index is 12.2. The van der Waals surface area contributed by atoms with Crippen LogP contribution >= 0.6 is 11.6 Å². The Balaban J connectivity index is 1.68. The van der Waals surface area contributed by atoms with Gasteiger partial charge in [-0.25, -0.2) is 4.98 Å². The summed E-state index contributed by atoms with van der Waals surface area (Å²) in [4.78, 5) is 16.4. The lowest BCUT2D eigenvalue weighted by molar-refractivity contribution is 0.102. The Morgan fingerprint density at radius 1 is 1.00 bits per heavy atom. The average Bonchev–Trinajstić information content (AvgIpc) is 2.64.